The maximum absolute atomic E-state index is 6.33. The van der Waals surface area contributed by atoms with Crippen molar-refractivity contribution < 1.29 is 9.47 Å². The van der Waals surface area contributed by atoms with E-state index in [4.69, 9.17) is 37.7 Å². The topological polar surface area (TPSA) is 42.8 Å². The highest BCUT2D eigenvalue weighted by atomic mass is 79.9. The van der Waals surface area contributed by atoms with Crippen molar-refractivity contribution in [1.29, 1.82) is 0 Å². The van der Waals surface area contributed by atoms with Crippen molar-refractivity contribution in [2.45, 2.75) is 38.8 Å². The first-order valence-electron chi connectivity index (χ1n) is 14.1. The molecular weight excluding hydrogens is 631 g/mol. The van der Waals surface area contributed by atoms with E-state index in [2.05, 4.69) is 82.8 Å². The first-order valence-corrected chi connectivity index (χ1v) is 15.7. The predicted molar refractivity (Wildman–Crippen MR) is 177 cm³/mol. The van der Waals surface area contributed by atoms with Crippen molar-refractivity contribution in [2.24, 2.45) is 10.9 Å². The van der Waals surface area contributed by atoms with Gasteiger partial charge in [0, 0.05) is 33.4 Å². The van der Waals surface area contributed by atoms with Gasteiger partial charge in [-0.25, -0.2) is 0 Å². The maximum atomic E-state index is 6.33. The molecule has 1 heterocycles. The minimum Gasteiger partial charge on any atom is -0.490 e. The molecule has 6 rings (SSSR count). The molecule has 0 fully saturated rings. The molecule has 1 aliphatic carbocycles. The number of halogens is 3. The number of nitrogens with one attached hydrogen (secondary N) is 1. The van der Waals surface area contributed by atoms with E-state index in [1.54, 1.807) is 12.1 Å². The zero-order valence-electron chi connectivity index (χ0n) is 23.4. The third-order valence-electron chi connectivity index (χ3n) is 7.85. The lowest BCUT2D eigenvalue weighted by Crippen LogP contribution is -2.29. The number of hydrogen-bond donors (Lipinski definition) is 1. The monoisotopic (exact) mass is 660 g/mol. The van der Waals surface area contributed by atoms with Crippen LogP contribution in [-0.2, 0) is 6.61 Å². The molecule has 4 aromatic rings. The van der Waals surface area contributed by atoms with Gasteiger partial charge in [-0.2, -0.15) is 0 Å². The normalized spacial score (nSPS) is 18.9. The van der Waals surface area contributed by atoms with E-state index in [-0.39, 0.29) is 12.6 Å². The number of hydrogen-bond acceptors (Lipinski definition) is 4. The number of aliphatic imine (C=N–C) groups is 1. The molecule has 42 heavy (non-hydrogen) atoms. The zero-order chi connectivity index (χ0) is 29.2. The van der Waals surface area contributed by atoms with Crippen LogP contribution in [0.25, 0.3) is 0 Å². The highest BCUT2D eigenvalue weighted by Gasteiger charge is 2.37. The minimum absolute atomic E-state index is 0.262. The Labute approximate surface area is 265 Å². The van der Waals surface area contributed by atoms with Gasteiger partial charge in [0.25, 0.3) is 0 Å². The molecule has 0 amide bonds. The van der Waals surface area contributed by atoms with E-state index < -0.39 is 0 Å². The Morgan fingerprint density at radius 3 is 2.62 bits per heavy atom. The molecule has 4 nitrogen and oxygen atoms in total. The summed E-state index contributed by atoms with van der Waals surface area (Å²) >= 11 is 16.0. The fraction of sp³-hybridized carbons (Fsp3) is 0.229. The van der Waals surface area contributed by atoms with Crippen LogP contribution < -0.4 is 14.8 Å². The molecule has 0 spiro atoms. The fourth-order valence-electron chi connectivity index (χ4n) is 5.81. The Bertz CT molecular complexity index is 1670. The average molecular weight is 662 g/mol. The van der Waals surface area contributed by atoms with E-state index in [1.807, 2.05) is 31.3 Å². The summed E-state index contributed by atoms with van der Waals surface area (Å²) in [6.45, 7) is 4.90. The third-order valence-corrected chi connectivity index (χ3v) is 9.03. The molecule has 214 valence electrons. The van der Waals surface area contributed by atoms with Gasteiger partial charge in [-0.15, -0.1) is 0 Å². The van der Waals surface area contributed by atoms with Gasteiger partial charge >= 0.3 is 0 Å². The van der Waals surface area contributed by atoms with Gasteiger partial charge in [0.2, 0.25) is 0 Å². The zero-order valence-corrected chi connectivity index (χ0v) is 26.5. The van der Waals surface area contributed by atoms with Crippen LogP contribution in [0.3, 0.4) is 0 Å². The van der Waals surface area contributed by atoms with Crippen molar-refractivity contribution in [2.75, 3.05) is 11.9 Å². The first-order chi connectivity index (χ1) is 20.4. The summed E-state index contributed by atoms with van der Waals surface area (Å²) in [5.41, 5.74) is 7.86. The molecule has 0 unspecified atom stereocenters. The Morgan fingerprint density at radius 2 is 1.83 bits per heavy atom. The van der Waals surface area contributed by atoms with Gasteiger partial charge in [0.1, 0.15) is 6.61 Å². The van der Waals surface area contributed by atoms with Crippen LogP contribution in [0.4, 0.5) is 11.4 Å². The molecule has 0 saturated heterocycles. The summed E-state index contributed by atoms with van der Waals surface area (Å²) in [6, 6.07) is 24.8. The van der Waals surface area contributed by atoms with E-state index >= 15 is 0 Å². The number of allylic oxidation sites excluding steroid dienone is 2. The van der Waals surface area contributed by atoms with Crippen molar-refractivity contribution in [3.63, 3.8) is 0 Å². The quantitative estimate of drug-likeness (QED) is 0.151. The van der Waals surface area contributed by atoms with Crippen molar-refractivity contribution in [3.8, 4) is 11.5 Å². The highest BCUT2D eigenvalue weighted by molar-refractivity contribution is 9.10. The van der Waals surface area contributed by atoms with Gasteiger partial charge in [0.05, 0.1) is 22.8 Å². The second-order valence-corrected chi connectivity index (χ2v) is 12.4. The molecular formula is C35H31BrCl2N2O2. The fourth-order valence-corrected chi connectivity index (χ4v) is 6.85. The third kappa shape index (κ3) is 6.10. The summed E-state index contributed by atoms with van der Waals surface area (Å²) in [4.78, 5) is 4.76. The number of aryl methyl sites for hydroxylation is 1. The first kappa shape index (κ1) is 28.9. The van der Waals surface area contributed by atoms with Gasteiger partial charge in [-0.1, -0.05) is 71.2 Å². The molecule has 4 aromatic carbocycles. The lowest BCUT2D eigenvalue weighted by molar-refractivity contribution is 0.267. The highest BCUT2D eigenvalue weighted by Crippen LogP contribution is 2.50. The summed E-state index contributed by atoms with van der Waals surface area (Å²) < 4.78 is 12.8. The Kier molecular flexibility index (Phi) is 8.62. The largest absolute Gasteiger partial charge is 0.490 e. The van der Waals surface area contributed by atoms with E-state index in [1.165, 1.54) is 22.4 Å². The summed E-state index contributed by atoms with van der Waals surface area (Å²) in [7, 11) is 0. The molecule has 1 aliphatic heterocycles. The van der Waals surface area contributed by atoms with Crippen molar-refractivity contribution >= 4 is 56.7 Å². The molecule has 3 atom stereocenters. The second kappa shape index (κ2) is 12.5. The minimum atomic E-state index is 0.262. The standard InChI is InChI=1S/C35H31BrCl2N2O2/c1-3-41-33-17-22(16-30(36)35(33)42-20-24-8-11-25(37)18-31(24)38)19-39-26-12-9-23(10-13-26)34-28-6-4-5-27(28)29-15-21(2)7-14-32(29)40-34/h4-5,7-19,27-28,34,40H,3,6,20H2,1-2H3/t27-,28-,34-/m0/s1. The molecule has 2 aliphatic rings. The molecule has 7 heteroatoms. The molecule has 1 N–H and O–H groups in total. The number of nitrogens with zero attached hydrogens (tertiary/aromatic N) is 1. The Morgan fingerprint density at radius 1 is 1.00 bits per heavy atom. The van der Waals surface area contributed by atoms with Gasteiger partial charge < -0.3 is 14.8 Å². The van der Waals surface area contributed by atoms with Crippen LogP contribution >= 0.6 is 39.1 Å². The van der Waals surface area contributed by atoms with Gasteiger partial charge in [-0.3, -0.25) is 4.99 Å². The Hall–Kier alpha value is -3.25. The number of anilines is 1. The van der Waals surface area contributed by atoms with Crippen molar-refractivity contribution in [3.05, 3.63) is 127 Å². The Balaban J connectivity index is 1.18. The van der Waals surface area contributed by atoms with Gasteiger partial charge in [-0.05, 0) is 101 Å². The van der Waals surface area contributed by atoms with Crippen LogP contribution in [0.5, 0.6) is 11.5 Å². The average Bonchev–Trinajstić information content (AvgIpc) is 3.47. The second-order valence-electron chi connectivity index (χ2n) is 10.7. The SMILES string of the molecule is CCOc1cc(C=Nc2ccc([C@@H]3Nc4ccc(C)cc4[C@H]4C=CC[C@@H]43)cc2)cc(Br)c1OCc1ccc(Cl)cc1Cl. The summed E-state index contributed by atoms with van der Waals surface area (Å²) in [6.07, 6.45) is 7.64. The van der Waals surface area contributed by atoms with Crippen LogP contribution in [0, 0.1) is 12.8 Å². The smallest absolute Gasteiger partial charge is 0.175 e. The van der Waals surface area contributed by atoms with E-state index in [9.17, 15) is 0 Å². The maximum Gasteiger partial charge on any atom is 0.175 e. The number of ether oxygens (including phenoxy) is 2. The number of benzene rings is 4. The number of fused-ring (bicyclic) bond motifs is 3. The molecule has 0 aromatic heterocycles. The lowest BCUT2D eigenvalue weighted by atomic mass is 9.76. The van der Waals surface area contributed by atoms with E-state index in [0.717, 1.165) is 27.7 Å². The van der Waals surface area contributed by atoms with Crippen LogP contribution in [-0.4, -0.2) is 12.8 Å². The molecule has 0 saturated carbocycles. The summed E-state index contributed by atoms with van der Waals surface area (Å²) in [5.74, 6) is 2.21. The van der Waals surface area contributed by atoms with Crippen LogP contribution in [0.2, 0.25) is 10.0 Å². The molecule has 0 radical (unpaired) electrons. The lowest BCUT2D eigenvalue weighted by Gasteiger charge is -2.37. The predicted octanol–water partition coefficient (Wildman–Crippen LogP) is 10.6. The van der Waals surface area contributed by atoms with E-state index in [0.29, 0.717) is 40.0 Å². The van der Waals surface area contributed by atoms with Crippen LogP contribution in [0.15, 0.2) is 94.4 Å². The van der Waals surface area contributed by atoms with Crippen molar-refractivity contribution in [1.82, 2.24) is 0 Å². The molecule has 0 bridgehead atoms. The number of rotatable bonds is 8. The summed E-state index contributed by atoms with van der Waals surface area (Å²) in [5, 5.41) is 4.97. The van der Waals surface area contributed by atoms with Crippen LogP contribution in [0.1, 0.15) is 53.1 Å². The van der Waals surface area contributed by atoms with Gasteiger partial charge in [0.15, 0.2) is 11.5 Å².